The molecule has 2 rings (SSSR count). The van der Waals surface area contributed by atoms with Gasteiger partial charge < -0.3 is 16.2 Å². The molecule has 92 valence electrons. The smallest absolute Gasteiger partial charge is 0.337 e. The Kier molecular flexibility index (Phi) is 3.47. The van der Waals surface area contributed by atoms with Gasteiger partial charge in [-0.25, -0.2) is 9.78 Å². The highest BCUT2D eigenvalue weighted by atomic mass is 79.9. The number of aromatic nitrogens is 1. The van der Waals surface area contributed by atoms with Crippen molar-refractivity contribution in [3.8, 4) is 0 Å². The zero-order valence-electron chi connectivity index (χ0n) is 9.22. The number of nitrogens with zero attached hydrogens (tertiary/aromatic N) is 1. The number of nitrogens with two attached hydrogens (primary N) is 1. The molecule has 0 aliphatic carbocycles. The van der Waals surface area contributed by atoms with Gasteiger partial charge >= 0.3 is 5.97 Å². The Bertz CT molecular complexity index is 584. The number of carboxylic acids is 1. The molecule has 0 amide bonds. The van der Waals surface area contributed by atoms with Crippen LogP contribution in [0, 0.1) is 0 Å². The molecule has 1 aromatic carbocycles. The molecule has 5 nitrogen and oxygen atoms in total. The Morgan fingerprint density at radius 1 is 1.33 bits per heavy atom. The van der Waals surface area contributed by atoms with Crippen molar-refractivity contribution in [3.05, 3.63) is 46.6 Å². The Morgan fingerprint density at radius 3 is 2.56 bits per heavy atom. The largest absolute Gasteiger partial charge is 0.478 e. The van der Waals surface area contributed by atoms with Crippen molar-refractivity contribution < 1.29 is 9.90 Å². The van der Waals surface area contributed by atoms with Crippen molar-refractivity contribution in [1.29, 1.82) is 0 Å². The average Bonchev–Trinajstić information content (AvgIpc) is 2.34. The van der Waals surface area contributed by atoms with Crippen LogP contribution in [0.1, 0.15) is 10.4 Å². The van der Waals surface area contributed by atoms with E-state index in [-0.39, 0.29) is 11.3 Å². The Morgan fingerprint density at radius 2 is 2.00 bits per heavy atom. The van der Waals surface area contributed by atoms with Gasteiger partial charge in [0.1, 0.15) is 0 Å². The summed E-state index contributed by atoms with van der Waals surface area (Å²) in [5, 5.41) is 11.8. The van der Waals surface area contributed by atoms with Gasteiger partial charge in [-0.05, 0) is 30.3 Å². The number of hydrogen-bond donors (Lipinski definition) is 3. The van der Waals surface area contributed by atoms with Gasteiger partial charge in [0.2, 0.25) is 0 Å². The predicted octanol–water partition coefficient (Wildman–Crippen LogP) is 2.87. The fourth-order valence-corrected chi connectivity index (χ4v) is 1.64. The number of pyridine rings is 1. The van der Waals surface area contributed by atoms with E-state index in [2.05, 4.69) is 26.2 Å². The van der Waals surface area contributed by atoms with Gasteiger partial charge in [0.15, 0.2) is 5.82 Å². The van der Waals surface area contributed by atoms with Gasteiger partial charge in [0.25, 0.3) is 0 Å². The number of rotatable bonds is 3. The maximum Gasteiger partial charge on any atom is 0.337 e. The molecule has 4 N–H and O–H groups in total. The van der Waals surface area contributed by atoms with Crippen molar-refractivity contribution in [2.24, 2.45) is 0 Å². The van der Waals surface area contributed by atoms with Crippen LogP contribution in [0.25, 0.3) is 0 Å². The molecular weight excluding hydrogens is 298 g/mol. The SMILES string of the molecule is Nc1cc(C(=O)O)cnc1Nc1ccc(Br)cc1. The van der Waals surface area contributed by atoms with Gasteiger partial charge in [-0.15, -0.1) is 0 Å². The molecule has 1 aromatic heterocycles. The van der Waals surface area contributed by atoms with Crippen LogP contribution in [-0.4, -0.2) is 16.1 Å². The highest BCUT2D eigenvalue weighted by Crippen LogP contribution is 2.22. The van der Waals surface area contributed by atoms with E-state index in [1.807, 2.05) is 24.3 Å². The van der Waals surface area contributed by atoms with Crippen molar-refractivity contribution >= 4 is 39.1 Å². The summed E-state index contributed by atoms with van der Waals surface area (Å²) in [7, 11) is 0. The zero-order chi connectivity index (χ0) is 13.1. The highest BCUT2D eigenvalue weighted by molar-refractivity contribution is 9.10. The number of hydrogen-bond acceptors (Lipinski definition) is 4. The summed E-state index contributed by atoms with van der Waals surface area (Å²) in [6, 6.07) is 8.84. The van der Waals surface area contributed by atoms with Crippen molar-refractivity contribution in [2.75, 3.05) is 11.1 Å². The quantitative estimate of drug-likeness (QED) is 0.811. The van der Waals surface area contributed by atoms with Gasteiger partial charge in [0, 0.05) is 16.4 Å². The lowest BCUT2D eigenvalue weighted by Gasteiger charge is -2.08. The highest BCUT2D eigenvalue weighted by Gasteiger charge is 2.07. The normalized spacial score (nSPS) is 10.1. The molecule has 0 saturated carbocycles. The fraction of sp³-hybridized carbons (Fsp3) is 0. The number of aromatic carboxylic acids is 1. The average molecular weight is 308 g/mol. The van der Waals surface area contributed by atoms with Gasteiger partial charge in [-0.1, -0.05) is 15.9 Å². The van der Waals surface area contributed by atoms with Crippen LogP contribution in [0.5, 0.6) is 0 Å². The molecule has 0 spiro atoms. The first kappa shape index (κ1) is 12.4. The first-order valence-electron chi connectivity index (χ1n) is 5.07. The molecule has 2 aromatic rings. The van der Waals surface area contributed by atoms with Gasteiger partial charge in [-0.3, -0.25) is 0 Å². The Balaban J connectivity index is 2.24. The maximum absolute atomic E-state index is 10.7. The number of halogens is 1. The van der Waals surface area contributed by atoms with E-state index in [0.29, 0.717) is 5.82 Å². The molecule has 0 aliphatic rings. The van der Waals surface area contributed by atoms with Gasteiger partial charge in [-0.2, -0.15) is 0 Å². The van der Waals surface area contributed by atoms with E-state index in [1.165, 1.54) is 12.3 Å². The molecule has 0 radical (unpaired) electrons. The lowest BCUT2D eigenvalue weighted by Crippen LogP contribution is -2.03. The van der Waals surface area contributed by atoms with E-state index in [9.17, 15) is 4.79 Å². The van der Waals surface area contributed by atoms with Crippen molar-refractivity contribution in [3.63, 3.8) is 0 Å². The number of nitrogens with one attached hydrogen (secondary N) is 1. The van der Waals surface area contributed by atoms with E-state index >= 15 is 0 Å². The number of benzene rings is 1. The fourth-order valence-electron chi connectivity index (χ4n) is 1.37. The zero-order valence-corrected chi connectivity index (χ0v) is 10.8. The summed E-state index contributed by atoms with van der Waals surface area (Å²) in [6.07, 6.45) is 1.26. The van der Waals surface area contributed by atoms with Crippen LogP contribution in [0.15, 0.2) is 41.0 Å². The van der Waals surface area contributed by atoms with Crippen LogP contribution in [0.4, 0.5) is 17.2 Å². The second-order valence-electron chi connectivity index (χ2n) is 3.60. The summed E-state index contributed by atoms with van der Waals surface area (Å²) in [4.78, 5) is 14.7. The summed E-state index contributed by atoms with van der Waals surface area (Å²) in [5.41, 5.74) is 6.91. The Labute approximate surface area is 112 Å². The molecule has 0 saturated heterocycles. The number of nitrogen functional groups attached to an aromatic ring is 1. The Hall–Kier alpha value is -2.08. The summed E-state index contributed by atoms with van der Waals surface area (Å²) < 4.78 is 0.968. The van der Waals surface area contributed by atoms with Crippen molar-refractivity contribution in [2.45, 2.75) is 0 Å². The number of anilines is 3. The molecule has 0 aliphatic heterocycles. The number of carboxylic acid groups (broad SMARTS) is 1. The molecular formula is C12H10BrN3O2. The van der Waals surface area contributed by atoms with Crippen LogP contribution in [0.2, 0.25) is 0 Å². The van der Waals surface area contributed by atoms with Crippen LogP contribution < -0.4 is 11.1 Å². The second kappa shape index (κ2) is 5.05. The van der Waals surface area contributed by atoms with E-state index in [4.69, 9.17) is 10.8 Å². The van der Waals surface area contributed by atoms with E-state index in [1.54, 1.807) is 0 Å². The summed E-state index contributed by atoms with van der Waals surface area (Å²) >= 11 is 3.34. The second-order valence-corrected chi connectivity index (χ2v) is 4.51. The lowest BCUT2D eigenvalue weighted by atomic mass is 10.2. The van der Waals surface area contributed by atoms with E-state index in [0.717, 1.165) is 10.2 Å². The molecule has 6 heteroatoms. The molecule has 0 fully saturated rings. The first-order chi connectivity index (χ1) is 8.56. The molecule has 0 atom stereocenters. The topological polar surface area (TPSA) is 88.2 Å². The standard InChI is InChI=1S/C12H10BrN3O2/c13-8-1-3-9(4-2-8)16-11-10(14)5-7(6-15-11)12(17)18/h1-6H,14H2,(H,15,16)(H,17,18). The molecule has 1 heterocycles. The third kappa shape index (κ3) is 2.78. The maximum atomic E-state index is 10.7. The van der Waals surface area contributed by atoms with Crippen LogP contribution in [0.3, 0.4) is 0 Å². The molecule has 18 heavy (non-hydrogen) atoms. The third-order valence-corrected chi connectivity index (χ3v) is 2.80. The van der Waals surface area contributed by atoms with Crippen LogP contribution in [-0.2, 0) is 0 Å². The molecule has 0 unspecified atom stereocenters. The third-order valence-electron chi connectivity index (χ3n) is 2.27. The van der Waals surface area contributed by atoms with Crippen molar-refractivity contribution in [1.82, 2.24) is 4.98 Å². The molecule has 0 bridgehead atoms. The van der Waals surface area contributed by atoms with E-state index < -0.39 is 5.97 Å². The predicted molar refractivity (Wildman–Crippen MR) is 73.0 cm³/mol. The monoisotopic (exact) mass is 307 g/mol. The minimum atomic E-state index is -1.05. The number of carbonyl (C=O) groups is 1. The summed E-state index contributed by atoms with van der Waals surface area (Å²) in [6.45, 7) is 0. The minimum Gasteiger partial charge on any atom is -0.478 e. The first-order valence-corrected chi connectivity index (χ1v) is 5.87. The lowest BCUT2D eigenvalue weighted by molar-refractivity contribution is 0.0696. The van der Waals surface area contributed by atoms with Gasteiger partial charge in [0.05, 0.1) is 11.3 Å². The summed E-state index contributed by atoms with van der Waals surface area (Å²) in [5.74, 6) is -0.619. The van der Waals surface area contributed by atoms with Crippen LogP contribution >= 0.6 is 15.9 Å². The minimum absolute atomic E-state index is 0.0638.